The first-order valence-corrected chi connectivity index (χ1v) is 3.53. The van der Waals surface area contributed by atoms with Crippen molar-refractivity contribution in [2.75, 3.05) is 6.61 Å². The molecule has 1 heterocycles. The van der Waals surface area contributed by atoms with E-state index in [9.17, 15) is 4.79 Å². The fourth-order valence-electron chi connectivity index (χ4n) is 0.725. The molecule has 0 aliphatic rings. The molecule has 0 saturated heterocycles. The van der Waals surface area contributed by atoms with Gasteiger partial charge in [0.15, 0.2) is 0 Å². The molecule has 0 atom stereocenters. The first kappa shape index (κ1) is 8.76. The highest BCUT2D eigenvalue weighted by molar-refractivity contribution is 5.74. The average molecular weight is 169 g/mol. The van der Waals surface area contributed by atoms with Crippen LogP contribution in [0.2, 0.25) is 0 Å². The average Bonchev–Trinajstić information content (AvgIpc) is 2.49. The number of carbonyl (C=O) groups is 1. The van der Waals surface area contributed by atoms with Gasteiger partial charge in [-0.25, -0.2) is 0 Å². The molecular weight excluding hydrogens is 158 g/mol. The van der Waals surface area contributed by atoms with Gasteiger partial charge in [0.2, 0.25) is 5.91 Å². The fraction of sp³-hybridized carbons (Fsp3) is 0.286. The lowest BCUT2D eigenvalue weighted by Gasteiger charge is -2.00. The number of H-pyrrole nitrogens is 1. The Balaban J connectivity index is 2.07. The summed E-state index contributed by atoms with van der Waals surface area (Å²) in [6.07, 6.45) is 3.64. The summed E-state index contributed by atoms with van der Waals surface area (Å²) < 4.78 is 0. The molecular formula is C7H11N3O2. The van der Waals surface area contributed by atoms with Crippen molar-refractivity contribution in [1.29, 1.82) is 0 Å². The number of nitrogens with one attached hydrogen (secondary N) is 2. The van der Waals surface area contributed by atoms with Gasteiger partial charge in [0, 0.05) is 18.9 Å². The molecule has 1 amide bonds. The maximum atomic E-state index is 10.2. The zero-order chi connectivity index (χ0) is 8.81. The molecule has 0 aromatic carbocycles. The van der Waals surface area contributed by atoms with Gasteiger partial charge in [-0.3, -0.25) is 9.63 Å². The molecule has 0 bridgehead atoms. The van der Waals surface area contributed by atoms with Crippen molar-refractivity contribution < 1.29 is 9.63 Å². The lowest BCUT2D eigenvalue weighted by molar-refractivity contribution is -0.125. The summed E-state index contributed by atoms with van der Waals surface area (Å²) >= 11 is 0. The molecule has 1 aromatic heterocycles. The van der Waals surface area contributed by atoms with Crippen molar-refractivity contribution in [2.24, 2.45) is 5.73 Å². The van der Waals surface area contributed by atoms with Crippen LogP contribution in [0.25, 0.3) is 0 Å². The third-order valence-corrected chi connectivity index (χ3v) is 1.26. The predicted molar refractivity (Wildman–Crippen MR) is 42.8 cm³/mol. The van der Waals surface area contributed by atoms with Crippen molar-refractivity contribution in [3.05, 3.63) is 24.0 Å². The number of aromatic amines is 1. The molecule has 12 heavy (non-hydrogen) atoms. The standard InChI is InChI=1S/C7H11N3O2/c8-7(11)5-12-10-4-6-1-2-9-3-6/h1-3,9-10H,4-5H2,(H2,8,11). The van der Waals surface area contributed by atoms with Crippen molar-refractivity contribution in [2.45, 2.75) is 6.54 Å². The van der Waals surface area contributed by atoms with E-state index in [1.165, 1.54) is 0 Å². The first-order chi connectivity index (χ1) is 5.79. The van der Waals surface area contributed by atoms with Gasteiger partial charge in [-0.05, 0) is 11.6 Å². The fourth-order valence-corrected chi connectivity index (χ4v) is 0.725. The van der Waals surface area contributed by atoms with Crippen molar-refractivity contribution in [3.63, 3.8) is 0 Å². The predicted octanol–water partition coefficient (Wildman–Crippen LogP) is -0.479. The number of hydroxylamine groups is 1. The third kappa shape index (κ3) is 3.18. The maximum absolute atomic E-state index is 10.2. The van der Waals surface area contributed by atoms with Crippen LogP contribution in [0.4, 0.5) is 0 Å². The second kappa shape index (κ2) is 4.53. The number of nitrogens with two attached hydrogens (primary N) is 1. The molecule has 0 aliphatic carbocycles. The van der Waals surface area contributed by atoms with Gasteiger partial charge in [0.05, 0.1) is 0 Å². The molecule has 0 aliphatic heterocycles. The smallest absolute Gasteiger partial charge is 0.245 e. The van der Waals surface area contributed by atoms with Crippen LogP contribution in [0, 0.1) is 0 Å². The van der Waals surface area contributed by atoms with Gasteiger partial charge in [-0.1, -0.05) is 0 Å². The molecule has 5 nitrogen and oxygen atoms in total. The Labute approximate surface area is 69.9 Å². The minimum atomic E-state index is -0.489. The monoisotopic (exact) mass is 169 g/mol. The maximum Gasteiger partial charge on any atom is 0.245 e. The van der Waals surface area contributed by atoms with E-state index >= 15 is 0 Å². The summed E-state index contributed by atoms with van der Waals surface area (Å²) in [6.45, 7) is 0.446. The zero-order valence-electron chi connectivity index (χ0n) is 6.54. The molecule has 66 valence electrons. The number of primary amides is 1. The quantitative estimate of drug-likeness (QED) is 0.411. The Morgan fingerprint density at radius 2 is 2.58 bits per heavy atom. The second-order valence-electron chi connectivity index (χ2n) is 2.30. The molecule has 0 saturated carbocycles. The summed E-state index contributed by atoms with van der Waals surface area (Å²) in [6, 6.07) is 1.90. The molecule has 0 fully saturated rings. The number of aromatic nitrogens is 1. The van der Waals surface area contributed by atoms with E-state index < -0.39 is 5.91 Å². The van der Waals surface area contributed by atoms with Crippen LogP contribution < -0.4 is 11.2 Å². The number of hydrogen-bond acceptors (Lipinski definition) is 3. The normalized spacial score (nSPS) is 10.0. The number of hydrogen-bond donors (Lipinski definition) is 3. The van der Waals surface area contributed by atoms with Crippen molar-refractivity contribution in [3.8, 4) is 0 Å². The van der Waals surface area contributed by atoms with Crippen LogP contribution in [-0.4, -0.2) is 17.5 Å². The van der Waals surface area contributed by atoms with Gasteiger partial charge in [-0.15, -0.1) is 0 Å². The lowest BCUT2D eigenvalue weighted by atomic mass is 10.3. The van der Waals surface area contributed by atoms with Crippen molar-refractivity contribution >= 4 is 5.91 Å². The molecule has 5 heteroatoms. The lowest BCUT2D eigenvalue weighted by Crippen LogP contribution is -2.24. The highest BCUT2D eigenvalue weighted by Crippen LogP contribution is 1.94. The van der Waals surface area contributed by atoms with Crippen LogP contribution in [0.5, 0.6) is 0 Å². The van der Waals surface area contributed by atoms with Crippen LogP contribution in [0.1, 0.15) is 5.56 Å². The minimum Gasteiger partial charge on any atom is -0.368 e. The van der Waals surface area contributed by atoms with Crippen LogP contribution >= 0.6 is 0 Å². The van der Waals surface area contributed by atoms with Crippen LogP contribution in [-0.2, 0) is 16.2 Å². The molecule has 1 rings (SSSR count). The first-order valence-electron chi connectivity index (χ1n) is 3.53. The summed E-state index contributed by atoms with van der Waals surface area (Å²) in [5, 5.41) is 0. The highest BCUT2D eigenvalue weighted by Gasteiger charge is 1.94. The van der Waals surface area contributed by atoms with Gasteiger partial charge >= 0.3 is 0 Å². The third-order valence-electron chi connectivity index (χ3n) is 1.26. The summed E-state index contributed by atoms with van der Waals surface area (Å²) in [5.74, 6) is -0.489. The Kier molecular flexibility index (Phi) is 3.31. The number of amides is 1. The zero-order valence-corrected chi connectivity index (χ0v) is 6.54. The Bertz CT molecular complexity index is 233. The van der Waals surface area contributed by atoms with Gasteiger partial charge in [0.25, 0.3) is 0 Å². The van der Waals surface area contributed by atoms with Crippen molar-refractivity contribution in [1.82, 2.24) is 10.5 Å². The number of carbonyl (C=O) groups excluding carboxylic acids is 1. The Morgan fingerprint density at radius 3 is 3.17 bits per heavy atom. The highest BCUT2D eigenvalue weighted by atomic mass is 16.6. The van der Waals surface area contributed by atoms with E-state index in [4.69, 9.17) is 10.6 Å². The van der Waals surface area contributed by atoms with E-state index in [0.717, 1.165) is 5.56 Å². The SMILES string of the molecule is NC(=O)CONCc1cc[nH]c1. The summed E-state index contributed by atoms with van der Waals surface area (Å²) in [4.78, 5) is 17.8. The van der Waals surface area contributed by atoms with E-state index in [-0.39, 0.29) is 6.61 Å². The van der Waals surface area contributed by atoms with E-state index in [2.05, 4.69) is 10.5 Å². The van der Waals surface area contributed by atoms with Gasteiger partial charge in [-0.2, -0.15) is 5.48 Å². The van der Waals surface area contributed by atoms with E-state index in [0.29, 0.717) is 6.54 Å². The molecule has 4 N–H and O–H groups in total. The van der Waals surface area contributed by atoms with Crippen LogP contribution in [0.3, 0.4) is 0 Å². The Hall–Kier alpha value is -1.33. The molecule has 0 radical (unpaired) electrons. The Morgan fingerprint density at radius 1 is 1.75 bits per heavy atom. The van der Waals surface area contributed by atoms with Crippen LogP contribution in [0.15, 0.2) is 18.5 Å². The van der Waals surface area contributed by atoms with Gasteiger partial charge in [0.1, 0.15) is 6.61 Å². The minimum absolute atomic E-state index is 0.107. The largest absolute Gasteiger partial charge is 0.368 e. The second-order valence-corrected chi connectivity index (χ2v) is 2.30. The summed E-state index contributed by atoms with van der Waals surface area (Å²) in [7, 11) is 0. The molecule has 0 unspecified atom stereocenters. The summed E-state index contributed by atoms with van der Waals surface area (Å²) in [5.41, 5.74) is 8.50. The number of rotatable bonds is 5. The molecule has 0 spiro atoms. The molecule has 1 aromatic rings. The van der Waals surface area contributed by atoms with Gasteiger partial charge < -0.3 is 10.7 Å². The van der Waals surface area contributed by atoms with E-state index in [1.807, 2.05) is 18.5 Å². The van der Waals surface area contributed by atoms with E-state index in [1.54, 1.807) is 0 Å². The topological polar surface area (TPSA) is 80.1 Å².